The number of carbonyl (C=O) groups excluding carboxylic acids is 1. The Labute approximate surface area is 139 Å². The van der Waals surface area contributed by atoms with Crippen LogP contribution in [-0.4, -0.2) is 19.3 Å². The number of carbonyl (C=O) groups is 1. The Kier molecular flexibility index (Phi) is 5.30. The molecule has 2 aromatic carbocycles. The molecule has 0 heterocycles. The first-order chi connectivity index (χ1) is 11.4. The van der Waals surface area contributed by atoms with E-state index in [4.69, 9.17) is 4.74 Å². The third-order valence-corrected chi connectivity index (χ3v) is 4.97. The summed E-state index contributed by atoms with van der Waals surface area (Å²) in [6.07, 6.45) is 0.585. The first-order valence-electron chi connectivity index (χ1n) is 7.16. The quantitative estimate of drug-likeness (QED) is 0.343. The van der Waals surface area contributed by atoms with Gasteiger partial charge in [0.05, 0.1) is 9.82 Å². The number of esters is 1. The van der Waals surface area contributed by atoms with Gasteiger partial charge in [0.1, 0.15) is 0 Å². The van der Waals surface area contributed by atoms with Crippen LogP contribution in [0, 0.1) is 10.1 Å². The Hall–Kier alpha value is -2.74. The number of rotatable bonds is 6. The van der Waals surface area contributed by atoms with Gasteiger partial charge in [0.25, 0.3) is 0 Å². The molecule has 0 saturated heterocycles. The molecule has 0 radical (unpaired) electrons. The van der Waals surface area contributed by atoms with Gasteiger partial charge in [-0.1, -0.05) is 31.2 Å². The lowest BCUT2D eigenvalue weighted by Crippen LogP contribution is -2.11. The second-order valence-electron chi connectivity index (χ2n) is 4.90. The average molecular weight is 349 g/mol. The summed E-state index contributed by atoms with van der Waals surface area (Å²) >= 11 is 0. The van der Waals surface area contributed by atoms with Crippen LogP contribution in [0.3, 0.4) is 0 Å². The van der Waals surface area contributed by atoms with Crippen molar-refractivity contribution in [3.05, 3.63) is 58.6 Å². The Morgan fingerprint density at radius 3 is 2.38 bits per heavy atom. The zero-order chi connectivity index (χ0) is 17.7. The summed E-state index contributed by atoms with van der Waals surface area (Å²) in [4.78, 5) is 21.6. The molecule has 7 nitrogen and oxygen atoms in total. The topological polar surface area (TPSA) is 104 Å². The van der Waals surface area contributed by atoms with Crippen LogP contribution in [0.1, 0.15) is 19.8 Å². The number of nitro benzene ring substituents is 1. The zero-order valence-electron chi connectivity index (χ0n) is 12.8. The van der Waals surface area contributed by atoms with E-state index >= 15 is 0 Å². The first-order valence-corrected chi connectivity index (χ1v) is 8.64. The smallest absolute Gasteiger partial charge is 0.330 e. The summed E-state index contributed by atoms with van der Waals surface area (Å²) < 4.78 is 30.3. The van der Waals surface area contributed by atoms with Gasteiger partial charge in [-0.15, -0.1) is 0 Å². The van der Waals surface area contributed by atoms with Crippen LogP contribution < -0.4 is 4.74 Å². The fourth-order valence-electron chi connectivity index (χ4n) is 2.09. The molecule has 2 rings (SSSR count). The van der Waals surface area contributed by atoms with Gasteiger partial charge < -0.3 is 4.74 Å². The fourth-order valence-corrected chi connectivity index (χ4v) is 3.54. The van der Waals surface area contributed by atoms with Gasteiger partial charge in [0, 0.05) is 6.42 Å². The Bertz CT molecular complexity index is 861. The number of benzene rings is 2. The highest BCUT2D eigenvalue weighted by Crippen LogP contribution is 2.36. The van der Waals surface area contributed by atoms with Gasteiger partial charge in [0.2, 0.25) is 15.6 Å². The van der Waals surface area contributed by atoms with E-state index in [9.17, 15) is 23.3 Å². The lowest BCUT2D eigenvalue weighted by Gasteiger charge is -2.09. The maximum atomic E-state index is 12.7. The number of hydrogen-bond acceptors (Lipinski definition) is 6. The van der Waals surface area contributed by atoms with Crippen LogP contribution in [0.4, 0.5) is 5.69 Å². The van der Waals surface area contributed by atoms with Gasteiger partial charge in [-0.3, -0.25) is 14.9 Å². The largest absolute Gasteiger partial charge is 0.419 e. The van der Waals surface area contributed by atoms with Crippen molar-refractivity contribution in [1.29, 1.82) is 0 Å². The number of hydrogen-bond donors (Lipinski definition) is 0. The van der Waals surface area contributed by atoms with Gasteiger partial charge in [-0.25, -0.2) is 8.42 Å². The maximum Gasteiger partial charge on any atom is 0.330 e. The van der Waals surface area contributed by atoms with E-state index in [1.165, 1.54) is 36.4 Å². The maximum absolute atomic E-state index is 12.7. The molecular weight excluding hydrogens is 334 g/mol. The summed E-state index contributed by atoms with van der Waals surface area (Å²) in [7, 11) is -4.12. The summed E-state index contributed by atoms with van der Waals surface area (Å²) in [6.45, 7) is 1.76. The fraction of sp³-hybridized carbons (Fsp3) is 0.188. The summed E-state index contributed by atoms with van der Waals surface area (Å²) in [5, 5.41) is 11.4. The first kappa shape index (κ1) is 17.6. The summed E-state index contributed by atoms with van der Waals surface area (Å²) in [6, 6.07) is 11.0. The van der Waals surface area contributed by atoms with Crippen LogP contribution in [0.2, 0.25) is 0 Å². The number of nitro groups is 1. The molecule has 0 fully saturated rings. The second kappa shape index (κ2) is 7.22. The van der Waals surface area contributed by atoms with Crippen molar-refractivity contribution in [3.8, 4) is 5.75 Å². The Morgan fingerprint density at radius 2 is 1.79 bits per heavy atom. The molecule has 0 aliphatic carbocycles. The molecule has 0 bridgehead atoms. The minimum atomic E-state index is -4.12. The highest BCUT2D eigenvalue weighted by Gasteiger charge is 2.31. The molecule has 0 aromatic heterocycles. The third-order valence-electron chi connectivity index (χ3n) is 3.17. The second-order valence-corrected chi connectivity index (χ2v) is 6.82. The van der Waals surface area contributed by atoms with Crippen molar-refractivity contribution >= 4 is 21.5 Å². The van der Waals surface area contributed by atoms with E-state index in [0.29, 0.717) is 6.42 Å². The van der Waals surface area contributed by atoms with E-state index in [1.54, 1.807) is 13.0 Å². The van der Waals surface area contributed by atoms with Gasteiger partial charge >= 0.3 is 11.7 Å². The number of ether oxygens (including phenoxy) is 1. The van der Waals surface area contributed by atoms with Crippen molar-refractivity contribution < 1.29 is 22.9 Å². The molecule has 2 aromatic rings. The van der Waals surface area contributed by atoms with Crippen molar-refractivity contribution in [1.82, 2.24) is 0 Å². The molecular formula is C16H15NO6S. The van der Waals surface area contributed by atoms with Crippen molar-refractivity contribution in [3.63, 3.8) is 0 Å². The molecule has 0 amide bonds. The summed E-state index contributed by atoms with van der Waals surface area (Å²) in [5.74, 6) is -1.04. The SMILES string of the molecule is CCCC(=O)Oc1cccc(S(=O)(=O)c2ccccc2)c1[N+](=O)[O-]. The van der Waals surface area contributed by atoms with Crippen LogP contribution in [0.25, 0.3) is 0 Å². The van der Waals surface area contributed by atoms with Gasteiger partial charge in [-0.2, -0.15) is 0 Å². The molecule has 0 aliphatic heterocycles. The zero-order valence-corrected chi connectivity index (χ0v) is 13.7. The Morgan fingerprint density at radius 1 is 1.12 bits per heavy atom. The van der Waals surface area contributed by atoms with E-state index in [2.05, 4.69) is 0 Å². The molecule has 0 saturated carbocycles. The van der Waals surface area contributed by atoms with E-state index in [-0.39, 0.29) is 17.1 Å². The number of sulfone groups is 1. The predicted octanol–water partition coefficient (Wildman–Crippen LogP) is 3.13. The normalized spacial score (nSPS) is 11.0. The van der Waals surface area contributed by atoms with Crippen LogP contribution >= 0.6 is 0 Å². The predicted molar refractivity (Wildman–Crippen MR) is 85.5 cm³/mol. The third kappa shape index (κ3) is 3.60. The lowest BCUT2D eigenvalue weighted by atomic mass is 10.3. The highest BCUT2D eigenvalue weighted by molar-refractivity contribution is 7.91. The molecule has 24 heavy (non-hydrogen) atoms. The monoisotopic (exact) mass is 349 g/mol. The molecule has 0 aliphatic rings. The van der Waals surface area contributed by atoms with Crippen LogP contribution in [0.15, 0.2) is 58.3 Å². The minimum Gasteiger partial charge on any atom is -0.419 e. The van der Waals surface area contributed by atoms with E-state index < -0.39 is 31.3 Å². The Balaban J connectivity index is 2.59. The van der Waals surface area contributed by atoms with E-state index in [1.807, 2.05) is 0 Å². The molecule has 0 spiro atoms. The highest BCUT2D eigenvalue weighted by atomic mass is 32.2. The van der Waals surface area contributed by atoms with Crippen molar-refractivity contribution in [2.45, 2.75) is 29.6 Å². The molecule has 126 valence electrons. The summed E-state index contributed by atoms with van der Waals surface area (Å²) in [5.41, 5.74) is -0.745. The molecule has 0 atom stereocenters. The van der Waals surface area contributed by atoms with E-state index in [0.717, 1.165) is 6.07 Å². The average Bonchev–Trinajstić information content (AvgIpc) is 2.55. The van der Waals surface area contributed by atoms with Crippen LogP contribution in [-0.2, 0) is 14.6 Å². The van der Waals surface area contributed by atoms with Crippen molar-refractivity contribution in [2.75, 3.05) is 0 Å². The lowest BCUT2D eigenvalue weighted by molar-refractivity contribution is -0.388. The number of nitrogens with zero attached hydrogens (tertiary/aromatic N) is 1. The van der Waals surface area contributed by atoms with Gasteiger partial charge in [0.15, 0.2) is 4.90 Å². The number of para-hydroxylation sites is 1. The van der Waals surface area contributed by atoms with Gasteiger partial charge in [-0.05, 0) is 30.7 Å². The van der Waals surface area contributed by atoms with Crippen LogP contribution in [0.5, 0.6) is 5.75 Å². The molecule has 0 unspecified atom stereocenters. The standard InChI is InChI=1S/C16H15NO6S/c1-2-7-15(18)23-13-10-6-11-14(16(13)17(19)20)24(21,22)12-8-4-3-5-9-12/h3-6,8-11H,2,7H2,1H3. The van der Waals surface area contributed by atoms with Crippen molar-refractivity contribution in [2.24, 2.45) is 0 Å². The molecule has 0 N–H and O–H groups in total. The molecule has 8 heteroatoms. The minimum absolute atomic E-state index is 0.0762.